The van der Waals surface area contributed by atoms with E-state index < -0.39 is 27.7 Å². The molecule has 2 unspecified atom stereocenters. The van der Waals surface area contributed by atoms with Crippen LogP contribution < -0.4 is 10.4 Å². The van der Waals surface area contributed by atoms with E-state index in [0.717, 1.165) is 10.6 Å². The summed E-state index contributed by atoms with van der Waals surface area (Å²) in [5.74, 6) is -0.527. The Kier molecular flexibility index (Phi) is 7.73. The zero-order valence-corrected chi connectivity index (χ0v) is 15.5. The molecule has 3 N–H and O–H groups in total. The number of carbonyl (C=O) groups excluding carboxylic acids is 1. The lowest BCUT2D eigenvalue weighted by Gasteiger charge is -2.32. The van der Waals surface area contributed by atoms with E-state index in [-0.39, 0.29) is 18.4 Å². The Labute approximate surface area is 130 Å². The molecule has 0 bridgehead atoms. The quantitative estimate of drug-likeness (QED) is 0.519. The molecule has 0 saturated heterocycles. The molecule has 0 aliphatic rings. The van der Waals surface area contributed by atoms with Crippen LogP contribution in [0.3, 0.4) is 0 Å². The molecule has 4 atom stereocenters. The van der Waals surface area contributed by atoms with Crippen molar-refractivity contribution >= 4 is 25.3 Å². The minimum Gasteiger partial charge on any atom is -0.390 e. The lowest BCUT2D eigenvalue weighted by atomic mass is 9.89. The normalized spacial score (nSPS) is 17.4. The average molecular weight is 341 g/mol. The van der Waals surface area contributed by atoms with Gasteiger partial charge in [0, 0.05) is 19.1 Å². The number of sulfonamides is 1. The van der Waals surface area contributed by atoms with E-state index >= 15 is 0 Å². The van der Waals surface area contributed by atoms with Crippen LogP contribution in [0.25, 0.3) is 0 Å². The van der Waals surface area contributed by atoms with Gasteiger partial charge < -0.3 is 10.4 Å². The number of hydrogen-bond donors (Lipinski definition) is 3. The van der Waals surface area contributed by atoms with Gasteiger partial charge in [-0.1, -0.05) is 16.3 Å². The third kappa shape index (κ3) is 6.57. The van der Waals surface area contributed by atoms with Crippen molar-refractivity contribution in [3.63, 3.8) is 0 Å². The molecule has 0 aliphatic heterocycles. The van der Waals surface area contributed by atoms with Crippen LogP contribution in [0.4, 0.5) is 0 Å². The van der Waals surface area contributed by atoms with Crippen LogP contribution in [0, 0.1) is 5.92 Å². The third-order valence-corrected chi connectivity index (χ3v) is 5.83. The minimum absolute atomic E-state index is 0.0695. The van der Waals surface area contributed by atoms with Crippen LogP contribution >= 0.6 is 9.39 Å². The lowest BCUT2D eigenvalue weighted by molar-refractivity contribution is -0.127. The maximum atomic E-state index is 12.1. The lowest BCUT2D eigenvalue weighted by Crippen LogP contribution is -2.53. The second-order valence-electron chi connectivity index (χ2n) is 6.00. The molecular formula is C12H28N3O4PS. The highest BCUT2D eigenvalue weighted by Gasteiger charge is 2.31. The van der Waals surface area contributed by atoms with Crippen molar-refractivity contribution in [2.24, 2.45) is 5.92 Å². The SMILES string of the molecule is CC(C(=O)N[C@@H](C)[C@H](O)CN(C)S(C)(=O)=O)C(C)(C)NP. The molecule has 0 rings (SSSR count). The molecule has 0 aromatic heterocycles. The van der Waals surface area contributed by atoms with E-state index in [4.69, 9.17) is 0 Å². The Balaban J connectivity index is 4.62. The number of nitrogens with zero attached hydrogens (tertiary/aromatic N) is 1. The number of aliphatic hydroxyl groups is 1. The summed E-state index contributed by atoms with van der Waals surface area (Å²) in [6.45, 7) is 7.14. The Bertz CT molecular complexity index is 455. The second kappa shape index (κ2) is 7.83. The molecule has 0 heterocycles. The van der Waals surface area contributed by atoms with Crippen molar-refractivity contribution in [3.05, 3.63) is 0 Å². The highest BCUT2D eigenvalue weighted by atomic mass is 32.2. The summed E-state index contributed by atoms with van der Waals surface area (Å²) in [6.07, 6.45) is 0.0889. The van der Waals surface area contributed by atoms with Gasteiger partial charge in [-0.3, -0.25) is 9.88 Å². The molecule has 21 heavy (non-hydrogen) atoms. The largest absolute Gasteiger partial charge is 0.390 e. The number of carbonyl (C=O) groups is 1. The first-order valence-electron chi connectivity index (χ1n) is 6.70. The van der Waals surface area contributed by atoms with Crippen LogP contribution in [-0.4, -0.2) is 61.3 Å². The van der Waals surface area contributed by atoms with Gasteiger partial charge in [0.05, 0.1) is 24.3 Å². The average Bonchev–Trinajstić information content (AvgIpc) is 2.36. The highest BCUT2D eigenvalue weighted by Crippen LogP contribution is 2.18. The van der Waals surface area contributed by atoms with Gasteiger partial charge in [-0.15, -0.1) is 0 Å². The Morgan fingerprint density at radius 3 is 2.24 bits per heavy atom. The predicted molar refractivity (Wildman–Crippen MR) is 87.2 cm³/mol. The monoisotopic (exact) mass is 341 g/mol. The summed E-state index contributed by atoms with van der Waals surface area (Å²) >= 11 is 0. The molecule has 9 heteroatoms. The van der Waals surface area contributed by atoms with Crippen LogP contribution in [0.15, 0.2) is 0 Å². The number of hydrogen-bond acceptors (Lipinski definition) is 5. The van der Waals surface area contributed by atoms with Crippen molar-refractivity contribution in [3.8, 4) is 0 Å². The van der Waals surface area contributed by atoms with Crippen LogP contribution in [0.1, 0.15) is 27.7 Å². The molecule has 0 spiro atoms. The van der Waals surface area contributed by atoms with E-state index in [1.54, 1.807) is 13.8 Å². The maximum absolute atomic E-state index is 12.1. The summed E-state index contributed by atoms with van der Waals surface area (Å²) in [7, 11) is 0.414. The van der Waals surface area contributed by atoms with E-state index in [1.807, 2.05) is 13.8 Å². The van der Waals surface area contributed by atoms with Gasteiger partial charge in [0.25, 0.3) is 0 Å². The summed E-state index contributed by atoms with van der Waals surface area (Å²) in [4.78, 5) is 12.1. The Morgan fingerprint density at radius 2 is 1.86 bits per heavy atom. The van der Waals surface area contributed by atoms with E-state index in [2.05, 4.69) is 19.8 Å². The zero-order chi connectivity index (χ0) is 17.0. The van der Waals surface area contributed by atoms with Gasteiger partial charge in [0.2, 0.25) is 15.9 Å². The fraction of sp³-hybridized carbons (Fsp3) is 0.917. The predicted octanol–water partition coefficient (Wildman–Crippen LogP) is -0.462. The molecule has 7 nitrogen and oxygen atoms in total. The number of aliphatic hydroxyl groups excluding tert-OH is 1. The van der Waals surface area contributed by atoms with E-state index in [1.165, 1.54) is 7.05 Å². The van der Waals surface area contributed by atoms with Crippen molar-refractivity contribution in [2.75, 3.05) is 19.8 Å². The molecule has 0 radical (unpaired) electrons. The molecule has 0 saturated carbocycles. The van der Waals surface area contributed by atoms with E-state index in [9.17, 15) is 18.3 Å². The summed E-state index contributed by atoms with van der Waals surface area (Å²) in [6, 6.07) is -0.551. The topological polar surface area (TPSA) is 98.7 Å². The molecule has 1 amide bonds. The first kappa shape index (κ1) is 20.7. The van der Waals surface area contributed by atoms with Gasteiger partial charge in [-0.2, -0.15) is 0 Å². The second-order valence-corrected chi connectivity index (χ2v) is 8.37. The van der Waals surface area contributed by atoms with Crippen LogP contribution in [-0.2, 0) is 14.8 Å². The smallest absolute Gasteiger partial charge is 0.224 e. The first-order valence-corrected chi connectivity index (χ1v) is 9.13. The van der Waals surface area contributed by atoms with Crippen molar-refractivity contribution in [1.29, 1.82) is 0 Å². The molecule has 0 aliphatic carbocycles. The molecule has 0 aromatic rings. The molecular weight excluding hydrogens is 313 g/mol. The van der Waals surface area contributed by atoms with Gasteiger partial charge >= 0.3 is 0 Å². The molecule has 126 valence electrons. The summed E-state index contributed by atoms with van der Waals surface area (Å²) in [5.41, 5.74) is -0.414. The standard InChI is InChI=1S/C12H28N3O4PS/c1-8(12(3,4)14-20)11(17)13-9(2)10(16)7-15(5)21(6,18)19/h8-10,14,16H,7,20H2,1-6H3,(H,13,17)/t8?,9-,10+/m0/s1. The molecule has 0 aromatic carbocycles. The number of nitrogens with one attached hydrogen (secondary N) is 2. The van der Waals surface area contributed by atoms with Crippen LogP contribution in [0.5, 0.6) is 0 Å². The van der Waals surface area contributed by atoms with Gasteiger partial charge in [0.15, 0.2) is 0 Å². The summed E-state index contributed by atoms with van der Waals surface area (Å²) < 4.78 is 23.7. The number of amides is 1. The Hall–Kier alpha value is -0.270. The van der Waals surface area contributed by atoms with Gasteiger partial charge in [-0.05, 0) is 20.8 Å². The molecule has 0 fully saturated rings. The minimum atomic E-state index is -3.36. The van der Waals surface area contributed by atoms with E-state index in [0.29, 0.717) is 0 Å². The van der Waals surface area contributed by atoms with Gasteiger partial charge in [0.1, 0.15) is 0 Å². The fourth-order valence-electron chi connectivity index (χ4n) is 1.46. The first-order chi connectivity index (χ1) is 9.32. The number of rotatable bonds is 8. The van der Waals surface area contributed by atoms with Crippen molar-refractivity contribution in [2.45, 2.75) is 45.4 Å². The van der Waals surface area contributed by atoms with Crippen molar-refractivity contribution < 1.29 is 18.3 Å². The zero-order valence-electron chi connectivity index (χ0n) is 13.5. The highest BCUT2D eigenvalue weighted by molar-refractivity contribution is 7.88. The van der Waals surface area contributed by atoms with Crippen molar-refractivity contribution in [1.82, 2.24) is 14.7 Å². The van der Waals surface area contributed by atoms with Gasteiger partial charge in [-0.25, -0.2) is 12.7 Å². The number of likely N-dealkylation sites (N-methyl/N-ethyl adjacent to an activating group) is 1. The summed E-state index contributed by atoms with van der Waals surface area (Å²) in [5, 5.41) is 15.7. The van der Waals surface area contributed by atoms with Crippen LogP contribution in [0.2, 0.25) is 0 Å². The maximum Gasteiger partial charge on any atom is 0.224 e. The third-order valence-electron chi connectivity index (χ3n) is 3.81. The Morgan fingerprint density at radius 1 is 1.38 bits per heavy atom. The fourth-order valence-corrected chi connectivity index (χ4v) is 2.13.